The number of benzene rings is 2. The van der Waals surface area contributed by atoms with Crippen LogP contribution >= 0.6 is 0 Å². The Labute approximate surface area is 174 Å². The lowest BCUT2D eigenvalue weighted by Crippen LogP contribution is -2.52. The summed E-state index contributed by atoms with van der Waals surface area (Å²) in [6.07, 6.45) is 0. The van der Waals surface area contributed by atoms with E-state index >= 15 is 0 Å². The molecule has 0 fully saturated rings. The van der Waals surface area contributed by atoms with Crippen LogP contribution in [0, 0.1) is 24.5 Å². The molecular formula is C22H25F2N3O3. The molecule has 0 bridgehead atoms. The van der Waals surface area contributed by atoms with Gasteiger partial charge in [-0.15, -0.1) is 0 Å². The molecule has 0 saturated heterocycles. The molecule has 0 spiro atoms. The highest BCUT2D eigenvalue weighted by molar-refractivity contribution is 5.98. The van der Waals surface area contributed by atoms with Crippen LogP contribution in [0.4, 0.5) is 8.78 Å². The third-order valence-corrected chi connectivity index (χ3v) is 4.59. The van der Waals surface area contributed by atoms with Gasteiger partial charge in [-0.25, -0.2) is 8.78 Å². The first-order valence-corrected chi connectivity index (χ1v) is 9.48. The molecule has 3 amide bonds. The van der Waals surface area contributed by atoms with Gasteiger partial charge in [-0.2, -0.15) is 0 Å². The maximum absolute atomic E-state index is 13.6. The molecule has 6 nitrogen and oxygen atoms in total. The van der Waals surface area contributed by atoms with Gasteiger partial charge in [0, 0.05) is 12.6 Å². The number of carbonyl (C=O) groups excluding carboxylic acids is 3. The Hall–Kier alpha value is -3.29. The normalized spacial score (nSPS) is 12.8. The van der Waals surface area contributed by atoms with Crippen LogP contribution in [-0.4, -0.2) is 30.8 Å². The van der Waals surface area contributed by atoms with Crippen LogP contribution in [0.1, 0.15) is 41.4 Å². The van der Waals surface area contributed by atoms with Crippen molar-refractivity contribution in [2.45, 2.75) is 32.9 Å². The molecule has 160 valence electrons. The zero-order chi connectivity index (χ0) is 22.4. The number of aryl methyl sites for hydroxylation is 1. The standard InChI is InChI=1S/C22H25F2N3O3/c1-12(2)18(26-20(28)15-7-5-6-13(3)10-15)22(30)27-19(21(29)25-4)14-8-9-16(23)17(24)11-14/h5-12,18-19H,1-4H3,(H,25,29)(H,26,28)(H,27,30). The van der Waals surface area contributed by atoms with Crippen LogP contribution in [-0.2, 0) is 9.59 Å². The lowest BCUT2D eigenvalue weighted by Gasteiger charge is -2.25. The molecule has 30 heavy (non-hydrogen) atoms. The number of hydrogen-bond acceptors (Lipinski definition) is 3. The second-order valence-corrected chi connectivity index (χ2v) is 7.29. The van der Waals surface area contributed by atoms with Crippen LogP contribution in [0.25, 0.3) is 0 Å². The van der Waals surface area contributed by atoms with Crippen molar-refractivity contribution in [1.29, 1.82) is 0 Å². The summed E-state index contributed by atoms with van der Waals surface area (Å²) < 4.78 is 26.9. The van der Waals surface area contributed by atoms with Gasteiger partial charge in [0.1, 0.15) is 12.1 Å². The summed E-state index contributed by atoms with van der Waals surface area (Å²) in [5.74, 6) is -4.16. The monoisotopic (exact) mass is 417 g/mol. The van der Waals surface area contributed by atoms with Crippen LogP contribution in [0.2, 0.25) is 0 Å². The molecule has 2 rings (SSSR count). The lowest BCUT2D eigenvalue weighted by atomic mass is 10.00. The number of likely N-dealkylation sites (N-methyl/N-ethyl adjacent to an activating group) is 1. The quantitative estimate of drug-likeness (QED) is 0.647. The molecule has 3 N–H and O–H groups in total. The van der Waals surface area contributed by atoms with Gasteiger partial charge < -0.3 is 16.0 Å². The topological polar surface area (TPSA) is 87.3 Å². The third-order valence-electron chi connectivity index (χ3n) is 4.59. The van der Waals surface area contributed by atoms with E-state index in [0.717, 1.165) is 17.7 Å². The molecule has 0 heterocycles. The fraction of sp³-hybridized carbons (Fsp3) is 0.318. The van der Waals surface area contributed by atoms with Crippen LogP contribution in [0.15, 0.2) is 42.5 Å². The Bertz CT molecular complexity index is 947. The number of carbonyl (C=O) groups is 3. The predicted octanol–water partition coefficient (Wildman–Crippen LogP) is 2.63. The van der Waals surface area contributed by atoms with E-state index in [-0.39, 0.29) is 11.5 Å². The highest BCUT2D eigenvalue weighted by Crippen LogP contribution is 2.18. The van der Waals surface area contributed by atoms with Crippen molar-refractivity contribution in [3.63, 3.8) is 0 Å². The fourth-order valence-electron chi connectivity index (χ4n) is 2.91. The van der Waals surface area contributed by atoms with Crippen molar-refractivity contribution in [3.8, 4) is 0 Å². The van der Waals surface area contributed by atoms with E-state index in [1.165, 1.54) is 13.1 Å². The lowest BCUT2D eigenvalue weighted by molar-refractivity contribution is -0.130. The van der Waals surface area contributed by atoms with Gasteiger partial charge in [0.15, 0.2) is 11.6 Å². The zero-order valence-electron chi connectivity index (χ0n) is 17.3. The molecule has 2 aromatic rings. The average molecular weight is 417 g/mol. The summed E-state index contributed by atoms with van der Waals surface area (Å²) in [5.41, 5.74) is 1.37. The van der Waals surface area contributed by atoms with Crippen LogP contribution < -0.4 is 16.0 Å². The van der Waals surface area contributed by atoms with Gasteiger partial charge in [0.2, 0.25) is 11.8 Å². The van der Waals surface area contributed by atoms with Gasteiger partial charge in [0.05, 0.1) is 0 Å². The fourth-order valence-corrected chi connectivity index (χ4v) is 2.91. The zero-order valence-corrected chi connectivity index (χ0v) is 17.3. The molecule has 2 unspecified atom stereocenters. The highest BCUT2D eigenvalue weighted by Gasteiger charge is 2.30. The van der Waals surface area contributed by atoms with E-state index in [1.54, 1.807) is 32.0 Å². The number of nitrogens with one attached hydrogen (secondary N) is 3. The molecular weight excluding hydrogens is 392 g/mol. The minimum Gasteiger partial charge on any atom is -0.357 e. The molecule has 0 aromatic heterocycles. The second kappa shape index (κ2) is 9.96. The molecule has 0 radical (unpaired) electrons. The molecule has 8 heteroatoms. The maximum atomic E-state index is 13.6. The first-order valence-electron chi connectivity index (χ1n) is 9.48. The average Bonchev–Trinajstić information content (AvgIpc) is 2.71. The number of rotatable bonds is 7. The molecule has 0 saturated carbocycles. The van der Waals surface area contributed by atoms with Gasteiger partial charge in [-0.05, 0) is 42.7 Å². The van der Waals surface area contributed by atoms with Crippen LogP contribution in [0.5, 0.6) is 0 Å². The summed E-state index contributed by atoms with van der Waals surface area (Å²) >= 11 is 0. The smallest absolute Gasteiger partial charge is 0.251 e. The molecule has 2 aromatic carbocycles. The highest BCUT2D eigenvalue weighted by atomic mass is 19.2. The Balaban J connectivity index is 2.24. The third kappa shape index (κ3) is 5.62. The maximum Gasteiger partial charge on any atom is 0.251 e. The molecule has 0 aliphatic heterocycles. The summed E-state index contributed by atoms with van der Waals surface area (Å²) in [6.45, 7) is 5.33. The Kier molecular flexibility index (Phi) is 7.63. The largest absolute Gasteiger partial charge is 0.357 e. The Morgan fingerprint density at radius 3 is 2.17 bits per heavy atom. The van der Waals surface area contributed by atoms with Crippen LogP contribution in [0.3, 0.4) is 0 Å². The summed E-state index contributed by atoms with van der Waals surface area (Å²) in [7, 11) is 1.36. The number of halogens is 2. The first kappa shape index (κ1) is 23.0. The van der Waals surface area contributed by atoms with E-state index < -0.39 is 41.4 Å². The van der Waals surface area contributed by atoms with Crippen molar-refractivity contribution >= 4 is 17.7 Å². The molecule has 0 aliphatic carbocycles. The van der Waals surface area contributed by atoms with Crippen molar-refractivity contribution in [1.82, 2.24) is 16.0 Å². The van der Waals surface area contributed by atoms with Crippen molar-refractivity contribution in [2.75, 3.05) is 7.05 Å². The predicted molar refractivity (Wildman–Crippen MR) is 109 cm³/mol. The van der Waals surface area contributed by atoms with E-state index in [1.807, 2.05) is 13.0 Å². The van der Waals surface area contributed by atoms with E-state index in [0.29, 0.717) is 5.56 Å². The molecule has 2 atom stereocenters. The Morgan fingerprint density at radius 1 is 0.900 bits per heavy atom. The van der Waals surface area contributed by atoms with Crippen molar-refractivity contribution in [2.24, 2.45) is 5.92 Å². The van der Waals surface area contributed by atoms with Gasteiger partial charge in [-0.1, -0.05) is 37.6 Å². The number of hydrogen-bond donors (Lipinski definition) is 3. The van der Waals surface area contributed by atoms with Crippen molar-refractivity contribution in [3.05, 3.63) is 70.8 Å². The first-order chi connectivity index (χ1) is 14.1. The SMILES string of the molecule is CNC(=O)C(NC(=O)C(NC(=O)c1cccc(C)c1)C(C)C)c1ccc(F)c(F)c1. The Morgan fingerprint density at radius 2 is 1.60 bits per heavy atom. The minimum atomic E-state index is -1.25. The van der Waals surface area contributed by atoms with Crippen molar-refractivity contribution < 1.29 is 23.2 Å². The summed E-state index contributed by atoms with van der Waals surface area (Å²) in [5, 5.41) is 7.59. The summed E-state index contributed by atoms with van der Waals surface area (Å²) in [6, 6.07) is 7.65. The van der Waals surface area contributed by atoms with E-state index in [4.69, 9.17) is 0 Å². The van der Waals surface area contributed by atoms with Gasteiger partial charge in [0.25, 0.3) is 5.91 Å². The minimum absolute atomic E-state index is 0.0779. The van der Waals surface area contributed by atoms with E-state index in [2.05, 4.69) is 16.0 Å². The summed E-state index contributed by atoms with van der Waals surface area (Å²) in [4.78, 5) is 37.8. The number of amides is 3. The molecule has 0 aliphatic rings. The second-order valence-electron chi connectivity index (χ2n) is 7.29. The van der Waals surface area contributed by atoms with Gasteiger partial charge >= 0.3 is 0 Å². The van der Waals surface area contributed by atoms with Gasteiger partial charge in [-0.3, -0.25) is 14.4 Å². The van der Waals surface area contributed by atoms with E-state index in [9.17, 15) is 23.2 Å².